The van der Waals surface area contributed by atoms with E-state index in [9.17, 15) is 39.3 Å². The molecule has 48 heavy (non-hydrogen) atoms. The summed E-state index contributed by atoms with van der Waals surface area (Å²) in [7, 11) is 0. The molecule has 5 aliphatic carbocycles. The van der Waals surface area contributed by atoms with Gasteiger partial charge in [0.05, 0.1) is 17.6 Å². The van der Waals surface area contributed by atoms with Crippen molar-refractivity contribution in [3.63, 3.8) is 0 Å². The van der Waals surface area contributed by atoms with Gasteiger partial charge in [-0.2, -0.15) is 0 Å². The lowest BCUT2D eigenvalue weighted by Gasteiger charge is -2.65. The predicted molar refractivity (Wildman–Crippen MR) is 156 cm³/mol. The molecule has 264 valence electrons. The highest BCUT2D eigenvalue weighted by molar-refractivity contribution is 5.88. The summed E-state index contributed by atoms with van der Waals surface area (Å²) >= 11 is 0. The number of aliphatic hydroxyl groups is 3. The molecule has 1 spiro atoms. The number of hydrogen-bond donors (Lipinski definition) is 3. The fraction of sp³-hybridized carbons (Fsp3) is 0.853. The first kappa shape index (κ1) is 32.5. The van der Waals surface area contributed by atoms with Crippen LogP contribution in [0.3, 0.4) is 0 Å². The lowest BCUT2D eigenvalue weighted by molar-refractivity contribution is -0.273. The number of aliphatic hydroxyl groups excluding tert-OH is 2. The van der Waals surface area contributed by atoms with Gasteiger partial charge >= 0.3 is 23.9 Å². The molecule has 3 aliphatic heterocycles. The van der Waals surface area contributed by atoms with Crippen LogP contribution in [0.25, 0.3) is 0 Å². The van der Waals surface area contributed by atoms with Crippen molar-refractivity contribution in [2.75, 3.05) is 0 Å². The molecule has 3 N–H and O–H groups in total. The Kier molecular flexibility index (Phi) is 6.35. The highest BCUT2D eigenvalue weighted by Crippen LogP contribution is 2.80. The highest BCUT2D eigenvalue weighted by atomic mass is 16.8. The minimum absolute atomic E-state index is 0.234. The van der Waals surface area contributed by atoms with Crippen LogP contribution in [0.4, 0.5) is 0 Å². The minimum Gasteiger partial charge on any atom is -0.459 e. The Hall–Kier alpha value is -2.65. The number of fused-ring (bicyclic) bond motifs is 9. The maximum absolute atomic E-state index is 14.4. The summed E-state index contributed by atoms with van der Waals surface area (Å²) in [6.07, 6.45) is -7.90. The molecule has 5 saturated carbocycles. The van der Waals surface area contributed by atoms with Crippen molar-refractivity contribution in [2.24, 2.45) is 57.7 Å². The Morgan fingerprint density at radius 2 is 1.44 bits per heavy atom. The molecule has 0 amide bonds. The first-order valence-corrected chi connectivity index (χ1v) is 16.9. The normalized spacial score (nSPS) is 59.6. The van der Waals surface area contributed by atoms with Gasteiger partial charge in [-0.15, -0.1) is 0 Å². The molecule has 0 radical (unpaired) electrons. The molecule has 0 aromatic carbocycles. The largest absolute Gasteiger partial charge is 0.459 e. The van der Waals surface area contributed by atoms with Gasteiger partial charge in [-0.05, 0) is 32.1 Å². The van der Waals surface area contributed by atoms with Crippen LogP contribution in [0.15, 0.2) is 0 Å². The monoisotopic (exact) mass is 676 g/mol. The molecule has 3 saturated heterocycles. The maximum Gasteiger partial charge on any atom is 0.341 e. The average molecular weight is 677 g/mol. The SMILES string of the molecule is CC(=O)O[C@@H]1[C@@H]2[C@@H]([C@H]3[C@@H](O)[C@@H]4[C@@H]([C@@H](C)[C@H]5O[C@]56OC(=O)[C@@](C)(O)[C@]46C)[C@@]3(C)[C@@H]1OC(C)=O)[C@H](O)C(=O)[C@H]1C[C@H]3O[C@H]3[C@H](OC(C)=O)[C@]21C. The Morgan fingerprint density at radius 3 is 2.04 bits per heavy atom. The van der Waals surface area contributed by atoms with Gasteiger partial charge in [0.15, 0.2) is 11.4 Å². The lowest BCUT2D eigenvalue weighted by atomic mass is 9.41. The number of carbonyl (C=O) groups excluding carboxylic acids is 5. The summed E-state index contributed by atoms with van der Waals surface area (Å²) in [5.74, 6) is -10.9. The van der Waals surface area contributed by atoms with Crippen molar-refractivity contribution in [1.82, 2.24) is 0 Å². The summed E-state index contributed by atoms with van der Waals surface area (Å²) < 4.78 is 36.1. The van der Waals surface area contributed by atoms with E-state index in [1.165, 1.54) is 27.7 Å². The van der Waals surface area contributed by atoms with Gasteiger partial charge in [0.25, 0.3) is 0 Å². The Balaban J connectivity index is 1.38. The van der Waals surface area contributed by atoms with Gasteiger partial charge < -0.3 is 43.7 Å². The third kappa shape index (κ3) is 3.39. The van der Waals surface area contributed by atoms with Crippen molar-refractivity contribution >= 4 is 29.7 Å². The molecule has 8 rings (SSSR count). The zero-order chi connectivity index (χ0) is 35.0. The molecule has 8 fully saturated rings. The average Bonchev–Trinajstić information content (AvgIpc) is 3.88. The number of rotatable bonds is 3. The quantitative estimate of drug-likeness (QED) is 0.205. The van der Waals surface area contributed by atoms with E-state index in [1.807, 2.05) is 6.92 Å². The zero-order valence-electron chi connectivity index (χ0n) is 28.2. The molecule has 0 unspecified atom stereocenters. The molecular formula is C34H44O14. The van der Waals surface area contributed by atoms with Crippen LogP contribution in [0.1, 0.15) is 61.8 Å². The van der Waals surface area contributed by atoms with Crippen molar-refractivity contribution < 1.29 is 67.7 Å². The summed E-state index contributed by atoms with van der Waals surface area (Å²) in [6, 6.07) is 0. The number of ether oxygens (including phenoxy) is 6. The standard InChI is InChI=1S/C34H44O14/c1-10-17-20(32(7)33(8,42)29(41)48-34(32)26(10)47-34)23(40)18-16-19(25(43-11(2)35)28(31(17,18)6)45-13(4)37)30(5)14(21(38)22(16)39)9-15-24(46-15)27(30)44-12(3)36/h10,14-20,22-28,39-40,42H,9H2,1-8H3/t10-,14-,15-,16-,17-,18+,19+,20+,22+,23-,24-,25-,26-,27+,28-,30+,31-,32+,33-,34+/m1/s1. The number of carbonyl (C=O) groups is 5. The summed E-state index contributed by atoms with van der Waals surface area (Å²) in [4.78, 5) is 66.2. The number of Topliss-reactive ketones (excluding diaryl/α,β-unsaturated/α-hetero) is 1. The van der Waals surface area contributed by atoms with Crippen LogP contribution >= 0.6 is 0 Å². The molecular weight excluding hydrogens is 632 g/mol. The molecule has 3 heterocycles. The zero-order valence-corrected chi connectivity index (χ0v) is 28.2. The predicted octanol–water partition coefficient (Wildman–Crippen LogP) is 0.0530. The number of epoxide rings is 2. The van der Waals surface area contributed by atoms with E-state index in [2.05, 4.69) is 0 Å². The fourth-order valence-corrected chi connectivity index (χ4v) is 12.9. The second-order valence-corrected chi connectivity index (χ2v) is 16.5. The van der Waals surface area contributed by atoms with Crippen LogP contribution < -0.4 is 0 Å². The van der Waals surface area contributed by atoms with E-state index in [0.29, 0.717) is 0 Å². The van der Waals surface area contributed by atoms with Crippen molar-refractivity contribution in [2.45, 2.75) is 122 Å². The Bertz CT molecular complexity index is 1540. The van der Waals surface area contributed by atoms with Crippen LogP contribution in [0, 0.1) is 57.7 Å². The van der Waals surface area contributed by atoms with Gasteiger partial charge in [0, 0.05) is 61.2 Å². The van der Waals surface area contributed by atoms with Gasteiger partial charge in [0.1, 0.15) is 36.6 Å². The van der Waals surface area contributed by atoms with E-state index >= 15 is 0 Å². The molecule has 0 aromatic heterocycles. The molecule has 20 atom stereocenters. The summed E-state index contributed by atoms with van der Waals surface area (Å²) in [5.41, 5.74) is -6.23. The third-order valence-corrected chi connectivity index (χ3v) is 14.7. The fourth-order valence-electron chi connectivity index (χ4n) is 12.9. The first-order chi connectivity index (χ1) is 22.2. The molecule has 8 aliphatic rings. The third-order valence-electron chi connectivity index (χ3n) is 14.7. The number of esters is 4. The van der Waals surface area contributed by atoms with Crippen LogP contribution in [-0.4, -0.2) is 105 Å². The molecule has 0 aromatic rings. The second kappa shape index (κ2) is 9.36. The van der Waals surface area contributed by atoms with Crippen molar-refractivity contribution in [1.29, 1.82) is 0 Å². The minimum atomic E-state index is -2.11. The summed E-state index contributed by atoms with van der Waals surface area (Å²) in [5, 5.41) is 36.8. The Morgan fingerprint density at radius 1 is 0.833 bits per heavy atom. The smallest absolute Gasteiger partial charge is 0.341 e. The molecule has 14 nitrogen and oxygen atoms in total. The highest BCUT2D eigenvalue weighted by Gasteiger charge is 2.93. The lowest BCUT2D eigenvalue weighted by Crippen LogP contribution is -2.74. The van der Waals surface area contributed by atoms with Gasteiger partial charge in [-0.3, -0.25) is 19.2 Å². The molecule has 0 bridgehead atoms. The Labute approximate surface area is 277 Å². The molecule has 14 heteroatoms. The van der Waals surface area contributed by atoms with E-state index in [1.54, 1.807) is 20.8 Å². The van der Waals surface area contributed by atoms with Gasteiger partial charge in [-0.1, -0.05) is 20.8 Å². The first-order valence-electron chi connectivity index (χ1n) is 16.9. The van der Waals surface area contributed by atoms with E-state index < -0.39 is 141 Å². The van der Waals surface area contributed by atoms with Crippen molar-refractivity contribution in [3.05, 3.63) is 0 Å². The van der Waals surface area contributed by atoms with Crippen LogP contribution in [0.5, 0.6) is 0 Å². The van der Waals surface area contributed by atoms with E-state index in [-0.39, 0.29) is 12.5 Å². The van der Waals surface area contributed by atoms with Crippen LogP contribution in [0.2, 0.25) is 0 Å². The second-order valence-electron chi connectivity index (χ2n) is 16.5. The maximum atomic E-state index is 14.4. The van der Waals surface area contributed by atoms with Crippen LogP contribution in [-0.2, 0) is 52.4 Å². The summed E-state index contributed by atoms with van der Waals surface area (Å²) in [6.45, 7) is 12.1. The van der Waals surface area contributed by atoms with Gasteiger partial charge in [0.2, 0.25) is 5.79 Å². The van der Waals surface area contributed by atoms with E-state index in [0.717, 1.165) is 0 Å². The van der Waals surface area contributed by atoms with E-state index in [4.69, 9.17) is 28.4 Å². The number of ketones is 1. The van der Waals surface area contributed by atoms with Crippen molar-refractivity contribution in [3.8, 4) is 0 Å². The number of hydrogen-bond acceptors (Lipinski definition) is 14. The topological polar surface area (TPSA) is 208 Å². The van der Waals surface area contributed by atoms with Gasteiger partial charge in [-0.25, -0.2) is 4.79 Å².